The number of benzene rings is 1. The lowest BCUT2D eigenvalue weighted by Gasteiger charge is -2.24. The lowest BCUT2D eigenvalue weighted by atomic mass is 10.0. The molecule has 7 heteroatoms. The maximum atomic E-state index is 12.1. The van der Waals surface area contributed by atoms with E-state index in [2.05, 4.69) is 31.1 Å². The Labute approximate surface area is 128 Å². The number of carbonyl (C=O) groups is 1. The number of anilines is 1. The molecule has 1 aromatic heterocycles. The number of urea groups is 1. The summed E-state index contributed by atoms with van der Waals surface area (Å²) < 4.78 is 0. The average molecular weight is 300 g/mol. The van der Waals surface area contributed by atoms with Gasteiger partial charge in [0, 0.05) is 17.8 Å². The third kappa shape index (κ3) is 3.25. The van der Waals surface area contributed by atoms with Gasteiger partial charge in [0.1, 0.15) is 5.82 Å². The fourth-order valence-corrected chi connectivity index (χ4v) is 2.57. The summed E-state index contributed by atoms with van der Waals surface area (Å²) in [6.45, 7) is 5.61. The second-order valence-corrected chi connectivity index (χ2v) is 5.89. The molecule has 7 nitrogen and oxygen atoms in total. The predicted molar refractivity (Wildman–Crippen MR) is 84.6 cm³/mol. The van der Waals surface area contributed by atoms with Gasteiger partial charge < -0.3 is 16.0 Å². The molecule has 0 saturated carbocycles. The minimum atomic E-state index is -0.200. The first-order valence-corrected chi connectivity index (χ1v) is 7.33. The van der Waals surface area contributed by atoms with Gasteiger partial charge in [-0.2, -0.15) is 5.10 Å². The summed E-state index contributed by atoms with van der Waals surface area (Å²) in [6.07, 6.45) is 0.928. The smallest absolute Gasteiger partial charge is 0.319 e. The van der Waals surface area contributed by atoms with Gasteiger partial charge in [-0.25, -0.2) is 9.78 Å². The highest BCUT2D eigenvalue weighted by molar-refractivity contribution is 5.90. The zero-order chi connectivity index (χ0) is 15.6. The van der Waals surface area contributed by atoms with Crippen LogP contribution in [0, 0.1) is 6.92 Å². The normalized spacial score (nSPS) is 20.8. The molecule has 2 amide bonds. The first-order valence-electron chi connectivity index (χ1n) is 7.33. The second-order valence-electron chi connectivity index (χ2n) is 5.89. The standard InChI is InChI=1S/C15H20N6O/c1-10-17-13(21-20-10)11-4-3-5-12(8-11)18-14(22)19-15(2)6-7-16-9-15/h3-5,8,16H,6-7,9H2,1-2H3,(H,17,20,21)(H2,18,19,22). The molecule has 2 aromatic rings. The number of amides is 2. The summed E-state index contributed by atoms with van der Waals surface area (Å²) in [5, 5.41) is 16.1. The Morgan fingerprint density at radius 3 is 2.95 bits per heavy atom. The van der Waals surface area contributed by atoms with Gasteiger partial charge in [-0.05, 0) is 38.9 Å². The number of aromatic nitrogens is 3. The molecule has 0 spiro atoms. The van der Waals surface area contributed by atoms with Crippen molar-refractivity contribution < 1.29 is 4.79 Å². The number of hydrogen-bond acceptors (Lipinski definition) is 4. The van der Waals surface area contributed by atoms with Crippen LogP contribution in [0.1, 0.15) is 19.2 Å². The maximum absolute atomic E-state index is 12.1. The topological polar surface area (TPSA) is 94.7 Å². The molecule has 1 unspecified atom stereocenters. The third-order valence-electron chi connectivity index (χ3n) is 3.76. The van der Waals surface area contributed by atoms with Crippen molar-refractivity contribution in [3.8, 4) is 11.4 Å². The summed E-state index contributed by atoms with van der Waals surface area (Å²) in [4.78, 5) is 16.4. The number of rotatable bonds is 3. The van der Waals surface area contributed by atoms with E-state index in [1.54, 1.807) is 0 Å². The van der Waals surface area contributed by atoms with Gasteiger partial charge in [-0.15, -0.1) is 0 Å². The van der Waals surface area contributed by atoms with Crippen LogP contribution in [-0.4, -0.2) is 39.8 Å². The van der Waals surface area contributed by atoms with Gasteiger partial charge in [-0.3, -0.25) is 5.10 Å². The zero-order valence-electron chi connectivity index (χ0n) is 12.7. The molecule has 3 rings (SSSR count). The minimum Gasteiger partial charge on any atom is -0.331 e. The molecule has 1 aromatic carbocycles. The van der Waals surface area contributed by atoms with Gasteiger partial charge in [0.15, 0.2) is 5.82 Å². The molecule has 0 aliphatic carbocycles. The van der Waals surface area contributed by atoms with Crippen LogP contribution in [0.15, 0.2) is 24.3 Å². The monoisotopic (exact) mass is 300 g/mol. The third-order valence-corrected chi connectivity index (χ3v) is 3.76. The zero-order valence-corrected chi connectivity index (χ0v) is 12.7. The SMILES string of the molecule is Cc1nc(-c2cccc(NC(=O)NC3(C)CCNC3)c2)n[nH]1. The lowest BCUT2D eigenvalue weighted by molar-refractivity contribution is 0.241. The van der Waals surface area contributed by atoms with E-state index in [-0.39, 0.29) is 11.6 Å². The number of hydrogen-bond donors (Lipinski definition) is 4. The van der Waals surface area contributed by atoms with Crippen LogP contribution in [0.4, 0.5) is 10.5 Å². The highest BCUT2D eigenvalue weighted by Crippen LogP contribution is 2.20. The number of aromatic amines is 1. The lowest BCUT2D eigenvalue weighted by Crippen LogP contribution is -2.49. The molecule has 1 fully saturated rings. The largest absolute Gasteiger partial charge is 0.331 e. The van der Waals surface area contributed by atoms with E-state index in [0.717, 1.165) is 30.9 Å². The Balaban J connectivity index is 1.69. The van der Waals surface area contributed by atoms with Crippen molar-refractivity contribution in [2.45, 2.75) is 25.8 Å². The molecule has 0 radical (unpaired) electrons. The number of aryl methyl sites for hydroxylation is 1. The Morgan fingerprint density at radius 2 is 2.27 bits per heavy atom. The van der Waals surface area contributed by atoms with E-state index in [4.69, 9.17) is 0 Å². The van der Waals surface area contributed by atoms with Crippen LogP contribution < -0.4 is 16.0 Å². The van der Waals surface area contributed by atoms with Crippen molar-refractivity contribution in [1.29, 1.82) is 0 Å². The summed E-state index contributed by atoms with van der Waals surface area (Å²) in [7, 11) is 0. The summed E-state index contributed by atoms with van der Waals surface area (Å²) in [6, 6.07) is 7.29. The van der Waals surface area contributed by atoms with E-state index in [1.807, 2.05) is 38.1 Å². The molecule has 1 aliphatic heterocycles. The van der Waals surface area contributed by atoms with Crippen LogP contribution in [0.25, 0.3) is 11.4 Å². The highest BCUT2D eigenvalue weighted by atomic mass is 16.2. The van der Waals surface area contributed by atoms with Gasteiger partial charge in [0.05, 0.1) is 5.54 Å². The molecule has 1 atom stereocenters. The van der Waals surface area contributed by atoms with Crippen molar-refractivity contribution >= 4 is 11.7 Å². The van der Waals surface area contributed by atoms with Crippen molar-refractivity contribution in [2.24, 2.45) is 0 Å². The molecule has 1 aliphatic rings. The Morgan fingerprint density at radius 1 is 1.41 bits per heavy atom. The van der Waals surface area contributed by atoms with Crippen molar-refractivity contribution in [1.82, 2.24) is 25.8 Å². The summed E-state index contributed by atoms with van der Waals surface area (Å²) in [5.74, 6) is 1.38. The molecular formula is C15H20N6O. The van der Waals surface area contributed by atoms with Crippen molar-refractivity contribution in [2.75, 3.05) is 18.4 Å². The highest BCUT2D eigenvalue weighted by Gasteiger charge is 2.29. The Hall–Kier alpha value is -2.41. The predicted octanol–water partition coefficient (Wildman–Crippen LogP) is 1.65. The van der Waals surface area contributed by atoms with E-state index < -0.39 is 0 Å². The number of nitrogens with one attached hydrogen (secondary N) is 4. The summed E-state index contributed by atoms with van der Waals surface area (Å²) in [5.41, 5.74) is 1.38. The number of nitrogens with zero attached hydrogens (tertiary/aromatic N) is 2. The van der Waals surface area contributed by atoms with Crippen LogP contribution >= 0.6 is 0 Å². The molecule has 2 heterocycles. The van der Waals surface area contributed by atoms with Crippen molar-refractivity contribution in [3.05, 3.63) is 30.1 Å². The molecule has 0 bridgehead atoms. The van der Waals surface area contributed by atoms with E-state index in [0.29, 0.717) is 11.5 Å². The molecular weight excluding hydrogens is 280 g/mol. The van der Waals surface area contributed by atoms with Crippen LogP contribution in [0.5, 0.6) is 0 Å². The van der Waals surface area contributed by atoms with Gasteiger partial charge in [0.2, 0.25) is 0 Å². The van der Waals surface area contributed by atoms with E-state index in [9.17, 15) is 4.79 Å². The first kappa shape index (κ1) is 14.5. The van der Waals surface area contributed by atoms with E-state index in [1.165, 1.54) is 0 Å². The Bertz CT molecular complexity index is 674. The number of carbonyl (C=O) groups excluding carboxylic acids is 1. The fraction of sp³-hybridized carbons (Fsp3) is 0.400. The summed E-state index contributed by atoms with van der Waals surface area (Å²) >= 11 is 0. The average Bonchev–Trinajstić information content (AvgIpc) is 3.08. The fourth-order valence-electron chi connectivity index (χ4n) is 2.57. The van der Waals surface area contributed by atoms with Gasteiger partial charge in [0.25, 0.3) is 0 Å². The van der Waals surface area contributed by atoms with Crippen LogP contribution in [0.2, 0.25) is 0 Å². The van der Waals surface area contributed by atoms with Crippen LogP contribution in [0.3, 0.4) is 0 Å². The van der Waals surface area contributed by atoms with Gasteiger partial charge >= 0.3 is 6.03 Å². The maximum Gasteiger partial charge on any atom is 0.319 e. The molecule has 4 N–H and O–H groups in total. The van der Waals surface area contributed by atoms with Gasteiger partial charge in [-0.1, -0.05) is 12.1 Å². The molecule has 116 valence electrons. The van der Waals surface area contributed by atoms with Crippen LogP contribution in [-0.2, 0) is 0 Å². The quantitative estimate of drug-likeness (QED) is 0.693. The first-order chi connectivity index (χ1) is 10.5. The van der Waals surface area contributed by atoms with E-state index >= 15 is 0 Å². The Kier molecular flexibility index (Phi) is 3.81. The number of H-pyrrole nitrogens is 1. The molecule has 1 saturated heterocycles. The second kappa shape index (κ2) is 5.76. The molecule has 22 heavy (non-hydrogen) atoms. The minimum absolute atomic E-state index is 0.192. The van der Waals surface area contributed by atoms with Crippen molar-refractivity contribution in [3.63, 3.8) is 0 Å².